The predicted molar refractivity (Wildman–Crippen MR) is 125 cm³/mol. The number of amides is 1. The van der Waals surface area contributed by atoms with Crippen LogP contribution in [-0.4, -0.2) is 36.1 Å². The Bertz CT molecular complexity index is 1340. The Labute approximate surface area is 191 Å². The molecule has 8 heteroatoms. The van der Waals surface area contributed by atoms with Gasteiger partial charge in [0.2, 0.25) is 5.91 Å². The van der Waals surface area contributed by atoms with Crippen molar-refractivity contribution in [1.29, 1.82) is 0 Å². The van der Waals surface area contributed by atoms with Gasteiger partial charge in [0.05, 0.1) is 35.8 Å². The molecule has 0 fully saturated rings. The number of ketones is 1. The van der Waals surface area contributed by atoms with Crippen LogP contribution in [-0.2, 0) is 19.5 Å². The van der Waals surface area contributed by atoms with Crippen LogP contribution in [0, 0.1) is 13.8 Å². The Balaban J connectivity index is 1.79. The molecule has 170 valence electrons. The lowest BCUT2D eigenvalue weighted by atomic mass is 10.1. The Morgan fingerprint density at radius 2 is 1.85 bits per heavy atom. The Morgan fingerprint density at radius 3 is 2.52 bits per heavy atom. The summed E-state index contributed by atoms with van der Waals surface area (Å²) in [4.78, 5) is 29.7. The fraction of sp³-hybridized carbons (Fsp3) is 0.280. The first-order valence-corrected chi connectivity index (χ1v) is 10.9. The zero-order chi connectivity index (χ0) is 23.7. The zero-order valence-corrected chi connectivity index (χ0v) is 18.9. The summed E-state index contributed by atoms with van der Waals surface area (Å²) >= 11 is 0. The van der Waals surface area contributed by atoms with Crippen molar-refractivity contribution in [1.82, 2.24) is 19.3 Å². The van der Waals surface area contributed by atoms with E-state index in [0.29, 0.717) is 29.1 Å². The average molecular weight is 446 g/mol. The van der Waals surface area contributed by atoms with Crippen molar-refractivity contribution in [2.75, 3.05) is 0 Å². The fourth-order valence-electron chi connectivity index (χ4n) is 4.20. The van der Waals surface area contributed by atoms with Crippen LogP contribution in [0.15, 0.2) is 48.5 Å². The first-order valence-electron chi connectivity index (χ1n) is 10.9. The summed E-state index contributed by atoms with van der Waals surface area (Å²) < 4.78 is 3.55. The van der Waals surface area contributed by atoms with E-state index in [-0.39, 0.29) is 18.7 Å². The number of carbonyl (C=O) groups excluding carboxylic acids is 2. The summed E-state index contributed by atoms with van der Waals surface area (Å²) in [5, 5.41) is 15.3. The van der Waals surface area contributed by atoms with Crippen LogP contribution in [0.25, 0.3) is 11.0 Å². The number of rotatable bonds is 8. The first kappa shape index (κ1) is 22.4. The van der Waals surface area contributed by atoms with Gasteiger partial charge in [-0.25, -0.2) is 4.98 Å². The maximum atomic E-state index is 13.2. The van der Waals surface area contributed by atoms with E-state index < -0.39 is 12.0 Å². The molecular weight excluding hydrogens is 418 g/mol. The van der Waals surface area contributed by atoms with Gasteiger partial charge in [-0.2, -0.15) is 5.10 Å². The van der Waals surface area contributed by atoms with Gasteiger partial charge in [0.25, 0.3) is 0 Å². The Morgan fingerprint density at radius 1 is 1.12 bits per heavy atom. The Kier molecular flexibility index (Phi) is 6.11. The summed E-state index contributed by atoms with van der Waals surface area (Å²) in [5.74, 6) is -0.147. The minimum atomic E-state index is -0.795. The minimum Gasteiger partial charge on any atom is -0.387 e. The number of aliphatic hydroxyl groups is 1. The number of Topliss-reactive ketones (excluding diaryl/α,β-unsaturated/α-hetero) is 1. The SMILES string of the molecule is CCn1nc(C)cc1C(=O)Cc1nc2cc(C(N)=O)cc(C)c2n1C[C@H](O)c1ccccc1. The number of aryl methyl sites for hydroxylation is 3. The molecule has 4 aromatic rings. The fourth-order valence-corrected chi connectivity index (χ4v) is 4.20. The molecule has 8 nitrogen and oxygen atoms in total. The number of primary amides is 1. The maximum Gasteiger partial charge on any atom is 0.248 e. The lowest BCUT2D eigenvalue weighted by Gasteiger charge is -2.16. The summed E-state index contributed by atoms with van der Waals surface area (Å²) in [7, 11) is 0. The molecule has 33 heavy (non-hydrogen) atoms. The minimum absolute atomic E-state index is 0.0344. The quantitative estimate of drug-likeness (QED) is 0.404. The molecule has 1 atom stereocenters. The molecular formula is C25H27N5O3. The Hall–Kier alpha value is -3.78. The molecule has 0 aliphatic heterocycles. The third kappa shape index (κ3) is 4.42. The number of imidazole rings is 1. The van der Waals surface area contributed by atoms with E-state index in [0.717, 1.165) is 22.3 Å². The van der Waals surface area contributed by atoms with Crippen LogP contribution < -0.4 is 5.73 Å². The topological polar surface area (TPSA) is 116 Å². The van der Waals surface area contributed by atoms with Crippen molar-refractivity contribution < 1.29 is 14.7 Å². The first-order chi connectivity index (χ1) is 15.8. The monoisotopic (exact) mass is 445 g/mol. The van der Waals surface area contributed by atoms with E-state index >= 15 is 0 Å². The number of fused-ring (bicyclic) bond motifs is 1. The van der Waals surface area contributed by atoms with Crippen molar-refractivity contribution in [2.45, 2.75) is 46.4 Å². The molecule has 4 rings (SSSR count). The molecule has 0 bridgehead atoms. The van der Waals surface area contributed by atoms with Crippen molar-refractivity contribution in [3.05, 3.63) is 82.4 Å². The summed E-state index contributed by atoms with van der Waals surface area (Å²) in [6.07, 6.45) is -0.761. The molecule has 0 spiro atoms. The largest absolute Gasteiger partial charge is 0.387 e. The van der Waals surface area contributed by atoms with Gasteiger partial charge in [0, 0.05) is 12.1 Å². The van der Waals surface area contributed by atoms with Crippen LogP contribution in [0.1, 0.15) is 56.5 Å². The number of nitrogens with zero attached hydrogens (tertiary/aromatic N) is 4. The number of aliphatic hydroxyl groups excluding tert-OH is 1. The van der Waals surface area contributed by atoms with E-state index in [1.54, 1.807) is 22.9 Å². The van der Waals surface area contributed by atoms with Gasteiger partial charge in [-0.1, -0.05) is 30.3 Å². The molecule has 0 saturated heterocycles. The third-order valence-corrected chi connectivity index (χ3v) is 5.74. The molecule has 1 amide bonds. The summed E-state index contributed by atoms with van der Waals surface area (Å²) in [6.45, 7) is 6.45. The van der Waals surface area contributed by atoms with E-state index in [2.05, 4.69) is 10.1 Å². The van der Waals surface area contributed by atoms with Gasteiger partial charge < -0.3 is 15.4 Å². The normalized spacial score (nSPS) is 12.2. The molecule has 2 aromatic carbocycles. The molecule has 2 aromatic heterocycles. The second-order valence-corrected chi connectivity index (χ2v) is 8.18. The van der Waals surface area contributed by atoms with Gasteiger partial charge in [-0.3, -0.25) is 14.3 Å². The second kappa shape index (κ2) is 8.99. The van der Waals surface area contributed by atoms with Crippen molar-refractivity contribution in [3.63, 3.8) is 0 Å². The number of benzene rings is 2. The third-order valence-electron chi connectivity index (χ3n) is 5.74. The van der Waals surface area contributed by atoms with Crippen molar-refractivity contribution in [3.8, 4) is 0 Å². The van der Waals surface area contributed by atoms with Crippen molar-refractivity contribution >= 4 is 22.7 Å². The molecule has 3 N–H and O–H groups in total. The highest BCUT2D eigenvalue weighted by Gasteiger charge is 2.22. The highest BCUT2D eigenvalue weighted by Crippen LogP contribution is 2.26. The number of carbonyl (C=O) groups is 2. The number of nitrogens with two attached hydrogens (primary N) is 1. The maximum absolute atomic E-state index is 13.2. The van der Waals surface area contributed by atoms with Crippen LogP contribution in [0.4, 0.5) is 0 Å². The van der Waals surface area contributed by atoms with E-state index in [1.165, 1.54) is 0 Å². The van der Waals surface area contributed by atoms with E-state index in [4.69, 9.17) is 5.73 Å². The van der Waals surface area contributed by atoms with Crippen LogP contribution in [0.5, 0.6) is 0 Å². The number of aromatic nitrogens is 4. The predicted octanol–water partition coefficient (Wildman–Crippen LogP) is 3.13. The molecule has 2 heterocycles. The smallest absolute Gasteiger partial charge is 0.248 e. The second-order valence-electron chi connectivity index (χ2n) is 8.18. The van der Waals surface area contributed by atoms with E-state index in [9.17, 15) is 14.7 Å². The van der Waals surface area contributed by atoms with Gasteiger partial charge in [0.15, 0.2) is 5.78 Å². The van der Waals surface area contributed by atoms with Crippen LogP contribution in [0.2, 0.25) is 0 Å². The standard InChI is InChI=1S/C25H27N5O3/c1-4-30-20(11-16(3)28-30)21(31)13-23-27-19-12-18(25(26)33)10-15(2)24(19)29(23)14-22(32)17-8-6-5-7-9-17/h5-12,22,32H,4,13-14H2,1-3H3,(H2,26,33)/t22-/m0/s1. The zero-order valence-electron chi connectivity index (χ0n) is 18.9. The van der Waals surface area contributed by atoms with Gasteiger partial charge in [-0.15, -0.1) is 0 Å². The van der Waals surface area contributed by atoms with Crippen molar-refractivity contribution in [2.24, 2.45) is 5.73 Å². The van der Waals surface area contributed by atoms with Gasteiger partial charge in [-0.05, 0) is 50.1 Å². The molecule has 0 unspecified atom stereocenters. The highest BCUT2D eigenvalue weighted by molar-refractivity contribution is 5.98. The molecule has 0 saturated carbocycles. The van der Waals surface area contributed by atoms with Crippen LogP contribution in [0.3, 0.4) is 0 Å². The van der Waals surface area contributed by atoms with Crippen LogP contribution >= 0.6 is 0 Å². The lowest BCUT2D eigenvalue weighted by Crippen LogP contribution is -2.17. The summed E-state index contributed by atoms with van der Waals surface area (Å²) in [5.41, 5.74) is 10.0. The van der Waals surface area contributed by atoms with E-state index in [1.807, 2.05) is 55.7 Å². The lowest BCUT2D eigenvalue weighted by molar-refractivity contribution is 0.0974. The number of hydrogen-bond acceptors (Lipinski definition) is 5. The molecule has 0 aliphatic carbocycles. The summed E-state index contributed by atoms with van der Waals surface area (Å²) in [6, 6.07) is 14.4. The highest BCUT2D eigenvalue weighted by atomic mass is 16.3. The molecule has 0 aliphatic rings. The average Bonchev–Trinajstić information content (AvgIpc) is 3.34. The van der Waals surface area contributed by atoms with Gasteiger partial charge in [0.1, 0.15) is 11.5 Å². The van der Waals surface area contributed by atoms with Gasteiger partial charge >= 0.3 is 0 Å². The number of hydrogen-bond donors (Lipinski definition) is 2. The molecule has 0 radical (unpaired) electrons.